The number of hydrogen-bond donors (Lipinski definition) is 1. The fraction of sp³-hybridized carbons (Fsp3) is 0.818. The number of nitrogens with zero attached hydrogens (tertiary/aromatic N) is 3. The predicted octanol–water partition coefficient (Wildman–Crippen LogP) is 1.38. The van der Waals surface area contributed by atoms with E-state index in [0.717, 1.165) is 18.8 Å². The molecule has 0 saturated carbocycles. The summed E-state index contributed by atoms with van der Waals surface area (Å²) in [4.78, 5) is 4.20. The maximum atomic E-state index is 4.24. The van der Waals surface area contributed by atoms with Gasteiger partial charge in [0.2, 0.25) is 0 Å². The first-order valence-corrected chi connectivity index (χ1v) is 5.71. The lowest BCUT2D eigenvalue weighted by atomic mass is 10.0. The summed E-state index contributed by atoms with van der Waals surface area (Å²) < 4.78 is 1.75. The van der Waals surface area contributed by atoms with Gasteiger partial charge in [0.15, 0.2) is 5.82 Å². The van der Waals surface area contributed by atoms with Crippen molar-refractivity contribution in [1.29, 1.82) is 0 Å². The minimum Gasteiger partial charge on any atom is -0.313 e. The highest BCUT2D eigenvalue weighted by molar-refractivity contribution is 4.83. The van der Waals surface area contributed by atoms with E-state index in [2.05, 4.69) is 36.2 Å². The third-order valence-electron chi connectivity index (χ3n) is 2.65. The minimum atomic E-state index is 0.605. The largest absolute Gasteiger partial charge is 0.313 e. The third-order valence-corrected chi connectivity index (χ3v) is 2.65. The highest BCUT2D eigenvalue weighted by atomic mass is 15.3. The summed E-state index contributed by atoms with van der Waals surface area (Å²) in [6.45, 7) is 7.68. The Kier molecular flexibility index (Phi) is 4.75. The summed E-state index contributed by atoms with van der Waals surface area (Å²) in [7, 11) is 1.90. The second kappa shape index (κ2) is 5.85. The normalized spacial score (nSPS) is 13.4. The lowest BCUT2D eigenvalue weighted by molar-refractivity contribution is 0.390. The van der Waals surface area contributed by atoms with Gasteiger partial charge in [0.1, 0.15) is 6.33 Å². The molecule has 4 nitrogen and oxygen atoms in total. The first-order valence-electron chi connectivity index (χ1n) is 5.71. The molecule has 1 heterocycles. The molecule has 0 bridgehead atoms. The van der Waals surface area contributed by atoms with E-state index in [4.69, 9.17) is 0 Å². The van der Waals surface area contributed by atoms with E-state index in [-0.39, 0.29) is 0 Å². The highest BCUT2D eigenvalue weighted by Crippen LogP contribution is 2.04. The molecular formula is C11H22N4. The molecule has 0 aromatic carbocycles. The van der Waals surface area contributed by atoms with Gasteiger partial charge in [0, 0.05) is 26.1 Å². The smallest absolute Gasteiger partial charge is 0.151 e. The lowest BCUT2D eigenvalue weighted by Gasteiger charge is -2.20. The van der Waals surface area contributed by atoms with Crippen LogP contribution in [-0.4, -0.2) is 27.4 Å². The van der Waals surface area contributed by atoms with Crippen molar-refractivity contribution >= 4 is 0 Å². The summed E-state index contributed by atoms with van der Waals surface area (Å²) >= 11 is 0. The standard InChI is InChI=1S/C11H22N4/c1-5-10(9(2)3)12-7-6-11-13-8-15(4)14-11/h8-10,12H,5-7H2,1-4H3. The van der Waals surface area contributed by atoms with Crippen molar-refractivity contribution < 1.29 is 0 Å². The number of aromatic nitrogens is 3. The van der Waals surface area contributed by atoms with Crippen LogP contribution in [0.2, 0.25) is 0 Å². The third kappa shape index (κ3) is 4.00. The molecular weight excluding hydrogens is 188 g/mol. The number of rotatable bonds is 6. The maximum Gasteiger partial charge on any atom is 0.151 e. The molecule has 0 spiro atoms. The zero-order valence-electron chi connectivity index (χ0n) is 10.2. The van der Waals surface area contributed by atoms with Crippen molar-refractivity contribution in [1.82, 2.24) is 20.1 Å². The van der Waals surface area contributed by atoms with Crippen molar-refractivity contribution in [2.24, 2.45) is 13.0 Å². The fourth-order valence-corrected chi connectivity index (χ4v) is 1.72. The Bertz CT molecular complexity index is 280. The summed E-state index contributed by atoms with van der Waals surface area (Å²) in [5, 5.41) is 7.78. The minimum absolute atomic E-state index is 0.605. The zero-order valence-corrected chi connectivity index (χ0v) is 10.2. The lowest BCUT2D eigenvalue weighted by Crippen LogP contribution is -2.34. The van der Waals surface area contributed by atoms with Gasteiger partial charge in [-0.2, -0.15) is 5.10 Å². The Hall–Kier alpha value is -0.900. The summed E-state index contributed by atoms with van der Waals surface area (Å²) in [6.07, 6.45) is 3.83. The van der Waals surface area contributed by atoms with Crippen LogP contribution in [0.4, 0.5) is 0 Å². The van der Waals surface area contributed by atoms with Crippen LogP contribution < -0.4 is 5.32 Å². The molecule has 1 rings (SSSR count). The number of aryl methyl sites for hydroxylation is 1. The molecule has 1 N–H and O–H groups in total. The highest BCUT2D eigenvalue weighted by Gasteiger charge is 2.09. The van der Waals surface area contributed by atoms with Gasteiger partial charge < -0.3 is 5.32 Å². The second-order valence-electron chi connectivity index (χ2n) is 4.30. The number of hydrogen-bond acceptors (Lipinski definition) is 3. The van der Waals surface area contributed by atoms with Gasteiger partial charge in [-0.25, -0.2) is 4.98 Å². The van der Waals surface area contributed by atoms with E-state index in [1.54, 1.807) is 11.0 Å². The topological polar surface area (TPSA) is 42.7 Å². The monoisotopic (exact) mass is 210 g/mol. The van der Waals surface area contributed by atoms with E-state index in [9.17, 15) is 0 Å². The van der Waals surface area contributed by atoms with Gasteiger partial charge in [-0.05, 0) is 12.3 Å². The van der Waals surface area contributed by atoms with Crippen LogP contribution >= 0.6 is 0 Å². The molecule has 0 amide bonds. The molecule has 0 radical (unpaired) electrons. The van der Waals surface area contributed by atoms with Crippen LogP contribution in [0, 0.1) is 5.92 Å². The number of nitrogens with one attached hydrogen (secondary N) is 1. The molecule has 4 heteroatoms. The Morgan fingerprint density at radius 1 is 1.47 bits per heavy atom. The van der Waals surface area contributed by atoms with Crippen LogP contribution in [0.25, 0.3) is 0 Å². The quantitative estimate of drug-likeness (QED) is 0.771. The first kappa shape index (κ1) is 12.2. The van der Waals surface area contributed by atoms with Crippen molar-refractivity contribution in [3.63, 3.8) is 0 Å². The summed E-state index contributed by atoms with van der Waals surface area (Å²) in [5.74, 6) is 1.61. The van der Waals surface area contributed by atoms with Crippen molar-refractivity contribution in [3.05, 3.63) is 12.2 Å². The van der Waals surface area contributed by atoms with Gasteiger partial charge in [-0.3, -0.25) is 4.68 Å². The van der Waals surface area contributed by atoms with Crippen LogP contribution in [0.15, 0.2) is 6.33 Å². The van der Waals surface area contributed by atoms with Gasteiger partial charge in [0.25, 0.3) is 0 Å². The van der Waals surface area contributed by atoms with E-state index in [1.165, 1.54) is 6.42 Å². The van der Waals surface area contributed by atoms with Crippen LogP contribution in [0.3, 0.4) is 0 Å². The van der Waals surface area contributed by atoms with E-state index in [0.29, 0.717) is 12.0 Å². The molecule has 1 aromatic heterocycles. The van der Waals surface area contributed by atoms with E-state index < -0.39 is 0 Å². The summed E-state index contributed by atoms with van der Waals surface area (Å²) in [6, 6.07) is 0.605. The van der Waals surface area contributed by atoms with Gasteiger partial charge in [0.05, 0.1) is 0 Å². The Morgan fingerprint density at radius 2 is 2.20 bits per heavy atom. The molecule has 1 unspecified atom stereocenters. The molecule has 1 aromatic rings. The Balaban J connectivity index is 2.26. The molecule has 0 aliphatic carbocycles. The maximum absolute atomic E-state index is 4.24. The van der Waals surface area contributed by atoms with Gasteiger partial charge in [-0.1, -0.05) is 20.8 Å². The van der Waals surface area contributed by atoms with Crippen molar-refractivity contribution in [3.8, 4) is 0 Å². The van der Waals surface area contributed by atoms with E-state index in [1.807, 2.05) is 7.05 Å². The molecule has 0 fully saturated rings. The van der Waals surface area contributed by atoms with Gasteiger partial charge in [-0.15, -0.1) is 0 Å². The molecule has 15 heavy (non-hydrogen) atoms. The Labute approximate surface area is 92.1 Å². The average Bonchev–Trinajstić information content (AvgIpc) is 2.58. The van der Waals surface area contributed by atoms with Crippen molar-refractivity contribution in [2.45, 2.75) is 39.7 Å². The van der Waals surface area contributed by atoms with Crippen LogP contribution in [-0.2, 0) is 13.5 Å². The predicted molar refractivity (Wildman–Crippen MR) is 61.6 cm³/mol. The SMILES string of the molecule is CCC(NCCc1ncn(C)n1)C(C)C. The van der Waals surface area contributed by atoms with E-state index >= 15 is 0 Å². The molecule has 0 aliphatic rings. The average molecular weight is 210 g/mol. The first-order chi connectivity index (χ1) is 7.13. The van der Waals surface area contributed by atoms with Gasteiger partial charge >= 0.3 is 0 Å². The molecule has 0 saturated heterocycles. The summed E-state index contributed by atoms with van der Waals surface area (Å²) in [5.41, 5.74) is 0. The van der Waals surface area contributed by atoms with Crippen LogP contribution in [0.5, 0.6) is 0 Å². The molecule has 0 aliphatic heterocycles. The zero-order chi connectivity index (χ0) is 11.3. The molecule has 86 valence electrons. The van der Waals surface area contributed by atoms with Crippen LogP contribution in [0.1, 0.15) is 33.0 Å². The van der Waals surface area contributed by atoms with Crippen molar-refractivity contribution in [2.75, 3.05) is 6.54 Å². The Morgan fingerprint density at radius 3 is 2.67 bits per heavy atom. The molecule has 1 atom stereocenters. The second-order valence-corrected chi connectivity index (χ2v) is 4.30. The fourth-order valence-electron chi connectivity index (χ4n) is 1.72.